The lowest BCUT2D eigenvalue weighted by Gasteiger charge is -2.41. The van der Waals surface area contributed by atoms with Crippen LogP contribution in [0.2, 0.25) is 72.5 Å². The molecule has 81 heavy (non-hydrogen) atoms. The van der Waals surface area contributed by atoms with Gasteiger partial charge in [0.1, 0.15) is 54.7 Å². The van der Waals surface area contributed by atoms with Crippen LogP contribution in [0.5, 0.6) is 46.0 Å². The third-order valence-corrected chi connectivity index (χ3v) is 34.9. The van der Waals surface area contributed by atoms with E-state index in [1.807, 2.05) is 103 Å². The average molecular weight is 1170 g/mol. The Kier molecular flexibility index (Phi) is 18.6. The summed E-state index contributed by atoms with van der Waals surface area (Å²) >= 11 is 0. The molecule has 0 bridgehead atoms. The fourth-order valence-corrected chi connectivity index (χ4v) is 12.2. The molecule has 6 aromatic rings. The highest BCUT2D eigenvalue weighted by Crippen LogP contribution is 2.50. The van der Waals surface area contributed by atoms with Gasteiger partial charge in [0.05, 0.1) is 6.04 Å². The van der Waals surface area contributed by atoms with Crippen LogP contribution in [-0.2, 0) is 26.2 Å². The Labute approximate surface area is 490 Å². The van der Waals surface area contributed by atoms with Crippen LogP contribution in [0.1, 0.15) is 127 Å². The maximum atomic E-state index is 15.6. The average Bonchev–Trinajstić information content (AvgIpc) is 3.53. The molecule has 0 spiro atoms. The van der Waals surface area contributed by atoms with Crippen LogP contribution in [0.3, 0.4) is 0 Å². The van der Waals surface area contributed by atoms with Crippen molar-refractivity contribution in [3.8, 4) is 46.0 Å². The lowest BCUT2D eigenvalue weighted by atomic mass is 9.91. The number of hydrogen-bond donors (Lipinski definition) is 1. The van der Waals surface area contributed by atoms with Crippen LogP contribution in [0.25, 0.3) is 0 Å². The Balaban J connectivity index is 1.41. The van der Waals surface area contributed by atoms with Gasteiger partial charge in [0.15, 0.2) is 11.5 Å². The van der Waals surface area contributed by atoms with Crippen LogP contribution in [0.4, 0.5) is 0 Å². The third-order valence-electron chi connectivity index (χ3n) is 17.5. The standard InChI is InChI=1S/C67H93NO9Si4/c1-64(2,3)78(13,14)74-52-41-56-53(57(42-52)76-80(17,18)66(7,8)9)43-54(61(73-56)50-36-37-55(75-79(15,16)65(4,5)6)58(38-50)77-81(19,20)67(10,11)12)68-63(69)51-39-59(70-44-47-30-24-21-25-31-47)62(72-46-49-34-28-23-29-35-49)60(40-51)71-45-48-32-26-22-27-33-48/h21-42,54,61H,43-46H2,1-20H3,(H,68,69)/t54-,61-/m1/s1. The molecule has 2 atom stereocenters. The molecular weight excluding hydrogens is 1080 g/mol. The number of nitrogens with one attached hydrogen (secondary N) is 1. The summed E-state index contributed by atoms with van der Waals surface area (Å²) < 4.78 is 56.2. The van der Waals surface area contributed by atoms with Crippen molar-refractivity contribution < 1.29 is 41.4 Å². The molecule has 10 nitrogen and oxygen atoms in total. The molecule has 6 aromatic carbocycles. The Morgan fingerprint density at radius 1 is 0.469 bits per heavy atom. The number of amides is 1. The first-order valence-corrected chi connectivity index (χ1v) is 40.4. The molecule has 436 valence electrons. The first-order chi connectivity index (χ1) is 37.5. The Morgan fingerprint density at radius 2 is 0.877 bits per heavy atom. The number of carbonyl (C=O) groups is 1. The van der Waals surface area contributed by atoms with E-state index in [9.17, 15) is 0 Å². The Hall–Kier alpha value is -5.94. The third kappa shape index (κ3) is 15.4. The van der Waals surface area contributed by atoms with E-state index in [1.165, 1.54) is 0 Å². The largest absolute Gasteiger partial charge is 0.543 e. The molecule has 1 amide bonds. The zero-order chi connectivity index (χ0) is 59.6. The van der Waals surface area contributed by atoms with Gasteiger partial charge in [-0.25, -0.2) is 0 Å². The van der Waals surface area contributed by atoms with Gasteiger partial charge in [-0.2, -0.15) is 0 Å². The van der Waals surface area contributed by atoms with Gasteiger partial charge in [-0.05, 0) is 119 Å². The highest BCUT2D eigenvalue weighted by atomic mass is 28.4. The molecule has 1 heterocycles. The van der Waals surface area contributed by atoms with Crippen molar-refractivity contribution in [2.24, 2.45) is 0 Å². The second-order valence-electron chi connectivity index (χ2n) is 28.0. The molecule has 1 aliphatic rings. The Bertz CT molecular complexity index is 3040. The molecule has 0 saturated carbocycles. The van der Waals surface area contributed by atoms with Crippen LogP contribution >= 0.6 is 0 Å². The summed E-state index contributed by atoms with van der Waals surface area (Å²) in [5.41, 5.74) is 4.91. The SMILES string of the molecule is CC(C)(C)[Si](C)(C)Oc1cc2c(c(O[Si](C)(C)C(C)(C)C)c1)C[C@@H](NC(=O)c1cc(OCc3ccccc3)c(OCc3ccccc3)c(OCc3ccccc3)c1)[C@@H](c1ccc(O[Si](C)(C)C(C)(C)C)c(O[Si](C)(C)C(C)(C)C)c1)O2. The van der Waals surface area contributed by atoms with Crippen molar-refractivity contribution in [2.45, 2.75) is 194 Å². The van der Waals surface area contributed by atoms with E-state index in [-0.39, 0.29) is 45.9 Å². The van der Waals surface area contributed by atoms with E-state index in [0.29, 0.717) is 58.0 Å². The summed E-state index contributed by atoms with van der Waals surface area (Å²) in [4.78, 5) is 15.6. The molecule has 7 rings (SSSR count). The molecule has 0 aromatic heterocycles. The topological polar surface area (TPSA) is 103 Å². The maximum absolute atomic E-state index is 15.6. The summed E-state index contributed by atoms with van der Waals surface area (Å²) in [5.74, 6) is 4.24. The molecule has 0 radical (unpaired) electrons. The first kappa shape index (κ1) is 62.7. The summed E-state index contributed by atoms with van der Waals surface area (Å²) in [6.45, 7) is 45.7. The van der Waals surface area contributed by atoms with E-state index in [4.69, 9.17) is 36.7 Å². The minimum Gasteiger partial charge on any atom is -0.543 e. The van der Waals surface area contributed by atoms with Crippen LogP contribution in [-0.4, -0.2) is 45.2 Å². The normalized spacial score (nSPS) is 15.4. The first-order valence-electron chi connectivity index (χ1n) is 28.8. The number of benzene rings is 6. The fourth-order valence-electron chi connectivity index (χ4n) is 8.14. The fraction of sp³-hybridized carbons (Fsp3) is 0.448. The lowest BCUT2D eigenvalue weighted by molar-refractivity contribution is 0.0837. The Morgan fingerprint density at radius 3 is 1.32 bits per heavy atom. The zero-order valence-corrected chi connectivity index (χ0v) is 56.4. The van der Waals surface area contributed by atoms with E-state index in [0.717, 1.165) is 27.8 Å². The van der Waals surface area contributed by atoms with Gasteiger partial charge in [0.2, 0.25) is 22.4 Å². The van der Waals surface area contributed by atoms with E-state index in [2.05, 4.69) is 159 Å². The van der Waals surface area contributed by atoms with Crippen molar-refractivity contribution in [1.29, 1.82) is 0 Å². The van der Waals surface area contributed by atoms with Crippen molar-refractivity contribution in [2.75, 3.05) is 0 Å². The van der Waals surface area contributed by atoms with Crippen molar-refractivity contribution in [1.82, 2.24) is 5.32 Å². The van der Waals surface area contributed by atoms with Crippen molar-refractivity contribution >= 4 is 39.2 Å². The molecule has 0 saturated heterocycles. The maximum Gasteiger partial charge on any atom is 0.251 e. The number of carbonyl (C=O) groups excluding carboxylic acids is 1. The summed E-state index contributed by atoms with van der Waals surface area (Å²) in [5, 5.41) is 3.17. The van der Waals surface area contributed by atoms with Crippen molar-refractivity contribution in [3.05, 3.63) is 167 Å². The zero-order valence-electron chi connectivity index (χ0n) is 52.4. The van der Waals surface area contributed by atoms with Crippen LogP contribution in [0.15, 0.2) is 133 Å². The van der Waals surface area contributed by atoms with Gasteiger partial charge in [-0.1, -0.05) is 180 Å². The summed E-state index contributed by atoms with van der Waals surface area (Å²) in [6, 6.07) is 43.1. The molecular formula is C67H93NO9Si4. The van der Waals surface area contributed by atoms with Gasteiger partial charge >= 0.3 is 0 Å². The highest BCUT2D eigenvalue weighted by molar-refractivity contribution is 6.76. The second kappa shape index (κ2) is 24.1. The van der Waals surface area contributed by atoms with E-state index >= 15 is 4.79 Å². The van der Waals surface area contributed by atoms with E-state index < -0.39 is 45.4 Å². The lowest BCUT2D eigenvalue weighted by Crippen LogP contribution is -2.47. The number of hydrogen-bond acceptors (Lipinski definition) is 9. The second-order valence-corrected chi connectivity index (χ2v) is 46.9. The minimum atomic E-state index is -2.46. The molecule has 0 unspecified atom stereocenters. The van der Waals surface area contributed by atoms with Gasteiger partial charge in [-0.3, -0.25) is 4.79 Å². The van der Waals surface area contributed by atoms with Gasteiger partial charge in [0, 0.05) is 29.7 Å². The van der Waals surface area contributed by atoms with E-state index in [1.54, 1.807) is 12.1 Å². The molecule has 0 fully saturated rings. The predicted octanol–water partition coefficient (Wildman–Crippen LogP) is 18.4. The van der Waals surface area contributed by atoms with Crippen molar-refractivity contribution in [3.63, 3.8) is 0 Å². The predicted molar refractivity (Wildman–Crippen MR) is 341 cm³/mol. The van der Waals surface area contributed by atoms with Gasteiger partial charge in [-0.15, -0.1) is 0 Å². The monoisotopic (exact) mass is 1170 g/mol. The smallest absolute Gasteiger partial charge is 0.251 e. The molecule has 1 aliphatic heterocycles. The summed E-state index contributed by atoms with van der Waals surface area (Å²) in [6.07, 6.45) is -0.325. The number of fused-ring (bicyclic) bond motifs is 1. The summed E-state index contributed by atoms with van der Waals surface area (Å²) in [7, 11) is -9.59. The molecule has 14 heteroatoms. The molecule has 1 N–H and O–H groups in total. The van der Waals surface area contributed by atoms with Crippen LogP contribution < -0.4 is 42.0 Å². The number of rotatable bonds is 20. The molecule has 0 aliphatic carbocycles. The number of ether oxygens (including phenoxy) is 4. The quantitative estimate of drug-likeness (QED) is 0.0749. The highest BCUT2D eigenvalue weighted by Gasteiger charge is 2.46. The minimum absolute atomic E-state index is 0.0645. The van der Waals surface area contributed by atoms with Gasteiger partial charge in [0.25, 0.3) is 22.5 Å². The van der Waals surface area contributed by atoms with Gasteiger partial charge < -0.3 is 42.0 Å². The van der Waals surface area contributed by atoms with Crippen LogP contribution in [0, 0.1) is 0 Å².